The molecule has 24 heavy (non-hydrogen) atoms. The number of alkyl carbamates (subject to hydrolysis) is 1. The first-order chi connectivity index (χ1) is 10.9. The molecule has 1 aromatic heterocycles. The summed E-state index contributed by atoms with van der Waals surface area (Å²) in [5, 5.41) is 2.73. The molecule has 1 amide bonds. The van der Waals surface area contributed by atoms with Crippen LogP contribution >= 0.6 is 0 Å². The van der Waals surface area contributed by atoms with Crippen LogP contribution in [-0.2, 0) is 15.7 Å². The van der Waals surface area contributed by atoms with E-state index in [9.17, 15) is 9.00 Å². The van der Waals surface area contributed by atoms with Gasteiger partial charge in [-0.2, -0.15) is 4.40 Å². The lowest BCUT2D eigenvalue weighted by Crippen LogP contribution is -2.42. The second-order valence-electron chi connectivity index (χ2n) is 7.42. The number of carbonyl (C=O) groups excluding carboxylic acids is 1. The molecular formula is C17H27N3O3S. The highest BCUT2D eigenvalue weighted by molar-refractivity contribution is 7.85. The van der Waals surface area contributed by atoms with Gasteiger partial charge in [-0.25, -0.2) is 9.00 Å². The minimum atomic E-state index is -1.47. The van der Waals surface area contributed by atoms with Crippen molar-refractivity contribution in [3.05, 3.63) is 30.1 Å². The van der Waals surface area contributed by atoms with Gasteiger partial charge in [-0.05, 0) is 60.6 Å². The Kier molecular flexibility index (Phi) is 6.66. The first kappa shape index (κ1) is 20.3. The summed E-state index contributed by atoms with van der Waals surface area (Å²) < 4.78 is 21.5. The van der Waals surface area contributed by atoms with E-state index in [1.54, 1.807) is 46.0 Å². The van der Waals surface area contributed by atoms with Gasteiger partial charge in [0, 0.05) is 6.20 Å². The predicted molar refractivity (Wildman–Crippen MR) is 97.5 cm³/mol. The number of hydrogen-bond acceptors (Lipinski definition) is 4. The highest BCUT2D eigenvalue weighted by Crippen LogP contribution is 2.15. The lowest BCUT2D eigenvalue weighted by molar-refractivity contribution is 0.0521. The number of rotatable bonds is 4. The summed E-state index contributed by atoms with van der Waals surface area (Å²) in [5.74, 6) is 0. The van der Waals surface area contributed by atoms with Gasteiger partial charge in [-0.15, -0.1) is 0 Å². The van der Waals surface area contributed by atoms with E-state index in [4.69, 9.17) is 4.74 Å². The van der Waals surface area contributed by atoms with Crippen molar-refractivity contribution in [2.24, 2.45) is 4.40 Å². The van der Waals surface area contributed by atoms with Crippen LogP contribution in [0, 0.1) is 0 Å². The summed E-state index contributed by atoms with van der Waals surface area (Å²) in [7, 11) is -1.47. The second-order valence-corrected chi connectivity index (χ2v) is 9.33. The summed E-state index contributed by atoms with van der Waals surface area (Å²) in [6, 6.07) is 4.87. The Bertz CT molecular complexity index is 616. The van der Waals surface area contributed by atoms with Crippen LogP contribution in [0.15, 0.2) is 28.8 Å². The molecule has 0 radical (unpaired) electrons. The van der Waals surface area contributed by atoms with E-state index in [0.717, 1.165) is 0 Å². The fraction of sp³-hybridized carbons (Fsp3) is 0.588. The molecule has 0 bridgehead atoms. The van der Waals surface area contributed by atoms with Crippen molar-refractivity contribution in [2.75, 3.05) is 0 Å². The minimum absolute atomic E-state index is 0.453. The Morgan fingerprint density at radius 2 is 1.88 bits per heavy atom. The smallest absolute Gasteiger partial charge is 0.408 e. The van der Waals surface area contributed by atoms with Crippen LogP contribution in [0.25, 0.3) is 0 Å². The minimum Gasteiger partial charge on any atom is -0.444 e. The van der Waals surface area contributed by atoms with E-state index in [1.165, 1.54) is 0 Å². The monoisotopic (exact) mass is 353 g/mol. The van der Waals surface area contributed by atoms with Crippen molar-refractivity contribution in [2.45, 2.75) is 64.9 Å². The zero-order valence-corrected chi connectivity index (χ0v) is 16.2. The van der Waals surface area contributed by atoms with Crippen LogP contribution in [0.2, 0.25) is 0 Å². The number of amides is 1. The Balaban J connectivity index is 3.08. The lowest BCUT2D eigenvalue weighted by atomic mass is 10.1. The van der Waals surface area contributed by atoms with Crippen LogP contribution < -0.4 is 5.32 Å². The third-order valence-electron chi connectivity index (χ3n) is 2.78. The largest absolute Gasteiger partial charge is 0.444 e. The maximum absolute atomic E-state index is 12.4. The molecule has 1 rings (SSSR count). The van der Waals surface area contributed by atoms with Gasteiger partial charge in [0.05, 0.1) is 22.2 Å². The van der Waals surface area contributed by atoms with E-state index >= 15 is 0 Å². The second kappa shape index (κ2) is 7.88. The Morgan fingerprint density at radius 1 is 1.25 bits per heavy atom. The van der Waals surface area contributed by atoms with Crippen molar-refractivity contribution >= 4 is 22.8 Å². The zero-order valence-electron chi connectivity index (χ0n) is 15.4. The van der Waals surface area contributed by atoms with Crippen LogP contribution in [0.1, 0.15) is 54.2 Å². The van der Waals surface area contributed by atoms with Crippen LogP contribution in [-0.4, -0.2) is 37.4 Å². The molecule has 0 aliphatic rings. The third-order valence-corrected chi connectivity index (χ3v) is 4.19. The number of ether oxygens (including phenoxy) is 1. The molecule has 1 unspecified atom stereocenters. The molecule has 0 aromatic carbocycles. The normalized spacial score (nSPS) is 15.5. The summed E-state index contributed by atoms with van der Waals surface area (Å²) in [4.78, 5) is 16.3. The van der Waals surface area contributed by atoms with Gasteiger partial charge in [0.15, 0.2) is 0 Å². The quantitative estimate of drug-likeness (QED) is 0.843. The molecule has 0 saturated carbocycles. The van der Waals surface area contributed by atoms with Gasteiger partial charge in [0.1, 0.15) is 16.6 Å². The lowest BCUT2D eigenvalue weighted by Gasteiger charge is -2.23. The van der Waals surface area contributed by atoms with Crippen molar-refractivity contribution in [1.29, 1.82) is 0 Å². The van der Waals surface area contributed by atoms with Gasteiger partial charge >= 0.3 is 6.09 Å². The summed E-state index contributed by atoms with van der Waals surface area (Å²) in [5.41, 5.74) is 0.425. The highest BCUT2D eigenvalue weighted by Gasteiger charge is 2.25. The molecule has 7 heteroatoms. The fourth-order valence-electron chi connectivity index (χ4n) is 1.64. The van der Waals surface area contributed by atoms with E-state index < -0.39 is 33.5 Å². The Hall–Kier alpha value is -1.76. The molecule has 0 saturated heterocycles. The molecule has 1 aromatic rings. The number of pyridine rings is 1. The number of nitrogens with zero attached hydrogens (tertiary/aromatic N) is 2. The molecule has 1 N–H and O–H groups in total. The average molecular weight is 353 g/mol. The van der Waals surface area contributed by atoms with Gasteiger partial charge < -0.3 is 10.1 Å². The first-order valence-electron chi connectivity index (χ1n) is 7.81. The molecule has 134 valence electrons. The number of aromatic nitrogens is 1. The van der Waals surface area contributed by atoms with Crippen LogP contribution in [0.3, 0.4) is 0 Å². The molecule has 0 fully saturated rings. The van der Waals surface area contributed by atoms with Crippen molar-refractivity contribution in [3.63, 3.8) is 0 Å². The van der Waals surface area contributed by atoms with Crippen molar-refractivity contribution < 1.29 is 13.7 Å². The fourth-order valence-corrected chi connectivity index (χ4v) is 2.35. The van der Waals surface area contributed by atoms with Crippen molar-refractivity contribution in [1.82, 2.24) is 10.3 Å². The first-order valence-corrected chi connectivity index (χ1v) is 8.92. The highest BCUT2D eigenvalue weighted by atomic mass is 32.2. The van der Waals surface area contributed by atoms with Crippen LogP contribution in [0.4, 0.5) is 4.79 Å². The molecule has 1 heterocycles. The number of nitrogens with one attached hydrogen (secondary N) is 1. The van der Waals surface area contributed by atoms with Gasteiger partial charge in [0.2, 0.25) is 0 Å². The molecule has 6 nitrogen and oxygen atoms in total. The Morgan fingerprint density at radius 3 is 2.33 bits per heavy atom. The maximum Gasteiger partial charge on any atom is 0.408 e. The average Bonchev–Trinajstić information content (AvgIpc) is 2.41. The van der Waals surface area contributed by atoms with Crippen LogP contribution in [0.5, 0.6) is 0 Å². The molecule has 0 aliphatic heterocycles. The number of carbonyl (C=O) groups is 1. The van der Waals surface area contributed by atoms with Gasteiger partial charge in [-0.3, -0.25) is 4.98 Å². The molecule has 0 aliphatic carbocycles. The van der Waals surface area contributed by atoms with Gasteiger partial charge in [0.25, 0.3) is 0 Å². The van der Waals surface area contributed by atoms with E-state index in [-0.39, 0.29) is 0 Å². The van der Waals surface area contributed by atoms with E-state index in [1.807, 2.05) is 26.8 Å². The summed E-state index contributed by atoms with van der Waals surface area (Å²) >= 11 is 0. The third kappa shape index (κ3) is 6.78. The zero-order chi connectivity index (χ0) is 18.5. The Labute approximate surface area is 146 Å². The SMILES string of the molecule is C[C@H](NC(=O)OC(C)(C)C)C(=NS(=O)C(C)(C)C)c1ccccn1. The van der Waals surface area contributed by atoms with Gasteiger partial charge in [-0.1, -0.05) is 6.07 Å². The number of hydrogen-bond donors (Lipinski definition) is 1. The van der Waals surface area contributed by atoms with Crippen molar-refractivity contribution in [3.8, 4) is 0 Å². The molecule has 2 atom stereocenters. The summed E-state index contributed by atoms with van der Waals surface area (Å²) in [6.45, 7) is 12.7. The van der Waals surface area contributed by atoms with E-state index in [0.29, 0.717) is 11.4 Å². The topological polar surface area (TPSA) is 80.6 Å². The summed E-state index contributed by atoms with van der Waals surface area (Å²) in [6.07, 6.45) is 1.07. The maximum atomic E-state index is 12.4. The van der Waals surface area contributed by atoms with E-state index in [2.05, 4.69) is 14.7 Å². The standard InChI is InChI=1S/C17H27N3O3S/c1-12(19-15(21)23-16(2,3)4)14(13-10-8-9-11-18-13)20-24(22)17(5,6)7/h8-12H,1-7H3,(H,19,21)/t12-,24?/m0/s1. The predicted octanol–water partition coefficient (Wildman–Crippen LogP) is 3.25. The molecular weight excluding hydrogens is 326 g/mol. The molecule has 0 spiro atoms.